The van der Waals surface area contributed by atoms with Crippen LogP contribution in [0.3, 0.4) is 0 Å². The second-order valence-corrected chi connectivity index (χ2v) is 4.68. The van der Waals surface area contributed by atoms with Crippen LogP contribution in [-0.4, -0.2) is 21.5 Å². The highest BCUT2D eigenvalue weighted by Gasteiger charge is 2.04. The van der Waals surface area contributed by atoms with Crippen LogP contribution in [-0.2, 0) is 6.54 Å². The number of hydrogen-bond acceptors (Lipinski definition) is 3. The summed E-state index contributed by atoms with van der Waals surface area (Å²) in [6, 6.07) is 8.43. The Balaban J connectivity index is 2.20. The Hall–Kier alpha value is -1.68. The van der Waals surface area contributed by atoms with Crippen molar-refractivity contribution in [1.29, 1.82) is 0 Å². The lowest BCUT2D eigenvalue weighted by Gasteiger charge is -2.07. The molecule has 0 saturated heterocycles. The zero-order valence-corrected chi connectivity index (χ0v) is 11.2. The van der Waals surface area contributed by atoms with Crippen LogP contribution in [0.4, 0.5) is 0 Å². The molecule has 4 heteroatoms. The van der Waals surface area contributed by atoms with Crippen molar-refractivity contribution >= 4 is 0 Å². The van der Waals surface area contributed by atoms with Crippen molar-refractivity contribution in [3.8, 4) is 5.69 Å². The van der Waals surface area contributed by atoms with Crippen molar-refractivity contribution in [1.82, 2.24) is 20.3 Å². The van der Waals surface area contributed by atoms with Crippen molar-refractivity contribution in [3.63, 3.8) is 0 Å². The predicted molar refractivity (Wildman–Crippen MR) is 72.8 cm³/mol. The van der Waals surface area contributed by atoms with Crippen molar-refractivity contribution in [2.75, 3.05) is 6.54 Å². The van der Waals surface area contributed by atoms with Gasteiger partial charge in [0.2, 0.25) is 0 Å². The Labute approximate surface area is 108 Å². The fraction of sp³-hybridized carbons (Fsp3) is 0.429. The molecule has 0 radical (unpaired) electrons. The number of nitrogens with one attached hydrogen (secondary N) is 1. The van der Waals surface area contributed by atoms with E-state index in [1.807, 2.05) is 10.9 Å². The lowest BCUT2D eigenvalue weighted by Crippen LogP contribution is -2.11. The molecule has 18 heavy (non-hydrogen) atoms. The highest BCUT2D eigenvalue weighted by molar-refractivity contribution is 5.36. The number of hydrogen-bond donors (Lipinski definition) is 1. The molecule has 1 aromatic carbocycles. The minimum Gasteiger partial charge on any atom is -0.311 e. The van der Waals surface area contributed by atoms with Crippen LogP contribution >= 0.6 is 0 Å². The van der Waals surface area contributed by atoms with E-state index in [1.165, 1.54) is 5.56 Å². The van der Waals surface area contributed by atoms with Crippen LogP contribution < -0.4 is 5.32 Å². The normalized spacial score (nSPS) is 11.1. The van der Waals surface area contributed by atoms with E-state index in [9.17, 15) is 0 Å². The van der Waals surface area contributed by atoms with Gasteiger partial charge in [-0.05, 0) is 30.2 Å². The van der Waals surface area contributed by atoms with Gasteiger partial charge in [-0.25, -0.2) is 4.68 Å². The zero-order chi connectivity index (χ0) is 13.0. The van der Waals surface area contributed by atoms with E-state index in [0.29, 0.717) is 5.92 Å². The van der Waals surface area contributed by atoms with Crippen LogP contribution in [0.2, 0.25) is 0 Å². The summed E-state index contributed by atoms with van der Waals surface area (Å²) in [5.74, 6) is 0.523. The van der Waals surface area contributed by atoms with E-state index < -0.39 is 0 Å². The number of rotatable bonds is 5. The average molecular weight is 244 g/mol. The van der Waals surface area contributed by atoms with Gasteiger partial charge >= 0.3 is 0 Å². The van der Waals surface area contributed by atoms with Crippen LogP contribution in [0.25, 0.3) is 5.69 Å². The molecule has 0 spiro atoms. The first-order valence-corrected chi connectivity index (χ1v) is 6.43. The quantitative estimate of drug-likeness (QED) is 0.878. The molecule has 4 nitrogen and oxygen atoms in total. The summed E-state index contributed by atoms with van der Waals surface area (Å²) in [5.41, 5.74) is 3.35. The van der Waals surface area contributed by atoms with Gasteiger partial charge < -0.3 is 5.32 Å². The average Bonchev–Trinajstić information content (AvgIpc) is 2.85. The number of aromatic nitrogens is 3. The van der Waals surface area contributed by atoms with Crippen molar-refractivity contribution in [2.24, 2.45) is 0 Å². The van der Waals surface area contributed by atoms with Crippen molar-refractivity contribution in [2.45, 2.75) is 33.2 Å². The minimum atomic E-state index is 0.523. The van der Waals surface area contributed by atoms with Gasteiger partial charge in [0.25, 0.3) is 0 Å². The Bertz CT molecular complexity index is 502. The van der Waals surface area contributed by atoms with Gasteiger partial charge in [-0.3, -0.25) is 0 Å². The summed E-state index contributed by atoms with van der Waals surface area (Å²) in [7, 11) is 0. The smallest absolute Gasteiger partial charge is 0.0969 e. The molecular formula is C14H20N4. The van der Waals surface area contributed by atoms with E-state index in [0.717, 1.165) is 24.5 Å². The van der Waals surface area contributed by atoms with Gasteiger partial charge in [0.05, 0.1) is 17.6 Å². The lowest BCUT2D eigenvalue weighted by atomic mass is 10.0. The van der Waals surface area contributed by atoms with Gasteiger partial charge in [0, 0.05) is 6.54 Å². The summed E-state index contributed by atoms with van der Waals surface area (Å²) in [6.07, 6.45) is 1.97. The van der Waals surface area contributed by atoms with Gasteiger partial charge in [-0.15, -0.1) is 5.10 Å². The maximum Gasteiger partial charge on any atom is 0.0969 e. The number of nitrogens with zero attached hydrogens (tertiary/aromatic N) is 3. The summed E-state index contributed by atoms with van der Waals surface area (Å²) >= 11 is 0. The third-order valence-corrected chi connectivity index (χ3v) is 2.90. The molecule has 0 unspecified atom stereocenters. The molecule has 0 fully saturated rings. The topological polar surface area (TPSA) is 42.7 Å². The Kier molecular flexibility index (Phi) is 4.10. The molecular weight excluding hydrogens is 224 g/mol. The Morgan fingerprint density at radius 3 is 2.89 bits per heavy atom. The van der Waals surface area contributed by atoms with Crippen LogP contribution in [0, 0.1) is 0 Å². The molecule has 0 aliphatic heterocycles. The first-order chi connectivity index (χ1) is 8.70. The van der Waals surface area contributed by atoms with E-state index in [2.05, 4.69) is 60.7 Å². The second-order valence-electron chi connectivity index (χ2n) is 4.68. The molecule has 0 amide bonds. The van der Waals surface area contributed by atoms with E-state index in [4.69, 9.17) is 0 Å². The fourth-order valence-corrected chi connectivity index (χ4v) is 1.79. The SMILES string of the molecule is CCNCc1cn(-c2cccc(C(C)C)c2)nn1. The molecule has 0 saturated carbocycles. The molecule has 0 atom stereocenters. The predicted octanol–water partition coefficient (Wildman–Crippen LogP) is 2.50. The van der Waals surface area contributed by atoms with Crippen molar-refractivity contribution < 1.29 is 0 Å². The number of benzene rings is 1. The lowest BCUT2D eigenvalue weighted by molar-refractivity contribution is 0.705. The summed E-state index contributed by atoms with van der Waals surface area (Å²) < 4.78 is 1.83. The third kappa shape index (κ3) is 2.96. The molecule has 0 bridgehead atoms. The molecule has 96 valence electrons. The van der Waals surface area contributed by atoms with Gasteiger partial charge in [0.15, 0.2) is 0 Å². The first-order valence-electron chi connectivity index (χ1n) is 6.43. The third-order valence-electron chi connectivity index (χ3n) is 2.90. The Morgan fingerprint density at radius 2 is 2.17 bits per heavy atom. The Morgan fingerprint density at radius 1 is 1.33 bits per heavy atom. The van der Waals surface area contributed by atoms with Crippen LogP contribution in [0.5, 0.6) is 0 Å². The highest BCUT2D eigenvalue weighted by atomic mass is 15.4. The molecule has 1 N–H and O–H groups in total. The highest BCUT2D eigenvalue weighted by Crippen LogP contribution is 2.17. The zero-order valence-electron chi connectivity index (χ0n) is 11.2. The maximum absolute atomic E-state index is 4.17. The molecule has 1 heterocycles. The molecule has 0 aliphatic carbocycles. The summed E-state index contributed by atoms with van der Waals surface area (Å²) in [4.78, 5) is 0. The second kappa shape index (κ2) is 5.78. The van der Waals surface area contributed by atoms with Crippen LogP contribution in [0.15, 0.2) is 30.5 Å². The largest absolute Gasteiger partial charge is 0.311 e. The first kappa shape index (κ1) is 12.8. The maximum atomic E-state index is 4.17. The molecule has 1 aromatic heterocycles. The van der Waals surface area contributed by atoms with E-state index in [1.54, 1.807) is 0 Å². The standard InChI is InChI=1S/C14H20N4/c1-4-15-9-13-10-18(17-16-13)14-7-5-6-12(8-14)11(2)3/h5-8,10-11,15H,4,9H2,1-3H3. The summed E-state index contributed by atoms with van der Waals surface area (Å²) in [6.45, 7) is 8.17. The minimum absolute atomic E-state index is 0.523. The fourth-order valence-electron chi connectivity index (χ4n) is 1.79. The van der Waals surface area contributed by atoms with Gasteiger partial charge in [-0.1, -0.05) is 38.1 Å². The van der Waals surface area contributed by atoms with E-state index >= 15 is 0 Å². The van der Waals surface area contributed by atoms with Crippen LogP contribution in [0.1, 0.15) is 37.9 Å². The van der Waals surface area contributed by atoms with Gasteiger partial charge in [0.1, 0.15) is 0 Å². The summed E-state index contributed by atoms with van der Waals surface area (Å²) in [5, 5.41) is 11.6. The van der Waals surface area contributed by atoms with E-state index in [-0.39, 0.29) is 0 Å². The van der Waals surface area contributed by atoms with Gasteiger partial charge in [-0.2, -0.15) is 0 Å². The monoisotopic (exact) mass is 244 g/mol. The molecule has 2 rings (SSSR count). The molecule has 2 aromatic rings. The van der Waals surface area contributed by atoms with Crippen molar-refractivity contribution in [3.05, 3.63) is 41.7 Å². The molecule has 0 aliphatic rings.